The summed E-state index contributed by atoms with van der Waals surface area (Å²) in [5.74, 6) is -0.158. The summed E-state index contributed by atoms with van der Waals surface area (Å²) in [4.78, 5) is 10.9. The summed E-state index contributed by atoms with van der Waals surface area (Å²) in [6.07, 6.45) is -4.38. The SMILES string of the molecule is CC(=O)Nc1ccc(NC2OCC(O)C(O)C2O)cc1. The first-order chi connectivity index (χ1) is 9.47. The number of rotatable bonds is 3. The minimum atomic E-state index is -1.25. The van der Waals surface area contributed by atoms with Gasteiger partial charge in [-0.2, -0.15) is 0 Å². The van der Waals surface area contributed by atoms with E-state index in [2.05, 4.69) is 10.6 Å². The fourth-order valence-electron chi connectivity index (χ4n) is 1.95. The standard InChI is InChI=1S/C13H18N2O5/c1-7(16)14-8-2-4-9(5-3-8)15-13-12(19)11(18)10(17)6-20-13/h2-5,10-13,15,17-19H,6H2,1H3,(H,14,16). The van der Waals surface area contributed by atoms with E-state index in [1.165, 1.54) is 6.92 Å². The van der Waals surface area contributed by atoms with Crippen LogP contribution in [-0.4, -0.2) is 52.4 Å². The number of carbonyl (C=O) groups is 1. The van der Waals surface area contributed by atoms with Gasteiger partial charge in [0.1, 0.15) is 18.3 Å². The van der Waals surface area contributed by atoms with Gasteiger partial charge in [0.05, 0.1) is 6.61 Å². The number of aliphatic hydroxyl groups excluding tert-OH is 3. The molecule has 2 rings (SSSR count). The van der Waals surface area contributed by atoms with Gasteiger partial charge in [-0.25, -0.2) is 0 Å². The molecule has 0 saturated carbocycles. The Bertz CT molecular complexity index is 464. The quantitative estimate of drug-likeness (QED) is 0.511. The summed E-state index contributed by atoms with van der Waals surface area (Å²) in [7, 11) is 0. The predicted octanol–water partition coefficient (Wildman–Crippen LogP) is -0.504. The Labute approximate surface area is 116 Å². The van der Waals surface area contributed by atoms with E-state index in [9.17, 15) is 20.1 Å². The summed E-state index contributed by atoms with van der Waals surface area (Å²) in [5, 5.41) is 34.3. The molecule has 1 aromatic rings. The second kappa shape index (κ2) is 6.19. The fourth-order valence-corrected chi connectivity index (χ4v) is 1.95. The van der Waals surface area contributed by atoms with Crippen molar-refractivity contribution in [3.63, 3.8) is 0 Å². The van der Waals surface area contributed by atoms with Crippen LogP contribution in [0.15, 0.2) is 24.3 Å². The number of hydrogen-bond donors (Lipinski definition) is 5. The number of hydrogen-bond acceptors (Lipinski definition) is 6. The second-order valence-electron chi connectivity index (χ2n) is 4.71. The van der Waals surface area contributed by atoms with Crippen molar-refractivity contribution in [2.24, 2.45) is 0 Å². The third-order valence-corrected chi connectivity index (χ3v) is 3.02. The van der Waals surface area contributed by atoms with Crippen LogP contribution in [0, 0.1) is 0 Å². The lowest BCUT2D eigenvalue weighted by Crippen LogP contribution is -2.55. The summed E-state index contributed by atoms with van der Waals surface area (Å²) in [6, 6.07) is 6.81. The third-order valence-electron chi connectivity index (χ3n) is 3.02. The molecule has 1 fully saturated rings. The van der Waals surface area contributed by atoms with Crippen molar-refractivity contribution in [3.05, 3.63) is 24.3 Å². The maximum Gasteiger partial charge on any atom is 0.221 e. The van der Waals surface area contributed by atoms with Gasteiger partial charge >= 0.3 is 0 Å². The van der Waals surface area contributed by atoms with Gasteiger partial charge in [-0.1, -0.05) is 0 Å². The Morgan fingerprint density at radius 3 is 2.35 bits per heavy atom. The predicted molar refractivity (Wildman–Crippen MR) is 72.1 cm³/mol. The molecule has 7 nitrogen and oxygen atoms in total. The lowest BCUT2D eigenvalue weighted by molar-refractivity contribution is -0.178. The highest BCUT2D eigenvalue weighted by atomic mass is 16.5. The van der Waals surface area contributed by atoms with Crippen LogP contribution in [0.4, 0.5) is 11.4 Å². The van der Waals surface area contributed by atoms with Gasteiger partial charge in [0.2, 0.25) is 5.91 Å². The largest absolute Gasteiger partial charge is 0.388 e. The maximum atomic E-state index is 10.9. The average molecular weight is 282 g/mol. The van der Waals surface area contributed by atoms with E-state index in [4.69, 9.17) is 4.74 Å². The van der Waals surface area contributed by atoms with Crippen molar-refractivity contribution < 1.29 is 24.9 Å². The first-order valence-corrected chi connectivity index (χ1v) is 6.27. The Kier molecular flexibility index (Phi) is 4.56. The zero-order valence-electron chi connectivity index (χ0n) is 11.0. The molecular weight excluding hydrogens is 264 g/mol. The van der Waals surface area contributed by atoms with Crippen LogP contribution in [0.25, 0.3) is 0 Å². The van der Waals surface area contributed by atoms with E-state index in [0.717, 1.165) is 0 Å². The van der Waals surface area contributed by atoms with Gasteiger partial charge < -0.3 is 30.7 Å². The zero-order valence-corrected chi connectivity index (χ0v) is 11.0. The molecule has 5 N–H and O–H groups in total. The van der Waals surface area contributed by atoms with Crippen LogP contribution in [0.1, 0.15) is 6.92 Å². The maximum absolute atomic E-state index is 10.9. The van der Waals surface area contributed by atoms with Crippen LogP contribution in [0.2, 0.25) is 0 Å². The molecule has 1 aliphatic rings. The Hall–Kier alpha value is -1.67. The minimum Gasteiger partial charge on any atom is -0.388 e. The van der Waals surface area contributed by atoms with Gasteiger partial charge in [-0.05, 0) is 24.3 Å². The van der Waals surface area contributed by atoms with E-state index < -0.39 is 24.5 Å². The van der Waals surface area contributed by atoms with Crippen molar-refractivity contribution in [2.75, 3.05) is 17.2 Å². The zero-order chi connectivity index (χ0) is 14.7. The topological polar surface area (TPSA) is 111 Å². The molecule has 0 bridgehead atoms. The molecular formula is C13H18N2O5. The number of anilines is 2. The average Bonchev–Trinajstić information content (AvgIpc) is 2.41. The number of amides is 1. The molecule has 1 aliphatic heterocycles. The summed E-state index contributed by atoms with van der Waals surface area (Å²) in [5.41, 5.74) is 1.32. The molecule has 4 atom stereocenters. The van der Waals surface area contributed by atoms with Crippen LogP contribution in [0.5, 0.6) is 0 Å². The highest BCUT2D eigenvalue weighted by Gasteiger charge is 2.37. The van der Waals surface area contributed by atoms with Crippen LogP contribution in [0.3, 0.4) is 0 Å². The van der Waals surface area contributed by atoms with E-state index in [1.54, 1.807) is 24.3 Å². The Morgan fingerprint density at radius 2 is 1.75 bits per heavy atom. The first-order valence-electron chi connectivity index (χ1n) is 6.27. The number of aliphatic hydroxyl groups is 3. The van der Waals surface area contributed by atoms with Crippen molar-refractivity contribution in [1.82, 2.24) is 0 Å². The molecule has 4 unspecified atom stereocenters. The normalized spacial score (nSPS) is 29.8. The monoisotopic (exact) mass is 282 g/mol. The van der Waals surface area contributed by atoms with Crippen molar-refractivity contribution in [1.29, 1.82) is 0 Å². The van der Waals surface area contributed by atoms with Gasteiger partial charge in [-0.3, -0.25) is 4.79 Å². The molecule has 0 aromatic heterocycles. The molecule has 0 aliphatic carbocycles. The van der Waals surface area contributed by atoms with E-state index in [1.807, 2.05) is 0 Å². The molecule has 7 heteroatoms. The molecule has 1 amide bonds. The van der Waals surface area contributed by atoms with Crippen molar-refractivity contribution >= 4 is 17.3 Å². The number of benzene rings is 1. The van der Waals surface area contributed by atoms with Gasteiger partial charge in [-0.15, -0.1) is 0 Å². The molecule has 1 saturated heterocycles. The second-order valence-corrected chi connectivity index (χ2v) is 4.71. The number of ether oxygens (including phenoxy) is 1. The van der Waals surface area contributed by atoms with Crippen LogP contribution < -0.4 is 10.6 Å². The first kappa shape index (κ1) is 14.7. The fraction of sp³-hybridized carbons (Fsp3) is 0.462. The van der Waals surface area contributed by atoms with Gasteiger partial charge in [0, 0.05) is 18.3 Å². The van der Waals surface area contributed by atoms with Gasteiger partial charge in [0.15, 0.2) is 6.23 Å². The Morgan fingerprint density at radius 1 is 1.15 bits per heavy atom. The minimum absolute atomic E-state index is 0.0557. The Balaban J connectivity index is 1.98. The number of carbonyl (C=O) groups excluding carboxylic acids is 1. The van der Waals surface area contributed by atoms with Crippen molar-refractivity contribution in [2.45, 2.75) is 31.5 Å². The molecule has 110 valence electrons. The summed E-state index contributed by atoms with van der Waals surface area (Å²) >= 11 is 0. The summed E-state index contributed by atoms with van der Waals surface area (Å²) < 4.78 is 5.23. The van der Waals surface area contributed by atoms with E-state index in [0.29, 0.717) is 11.4 Å². The highest BCUT2D eigenvalue weighted by Crippen LogP contribution is 2.20. The molecule has 0 spiro atoms. The molecule has 1 aromatic carbocycles. The molecule has 0 radical (unpaired) electrons. The molecule has 20 heavy (non-hydrogen) atoms. The lowest BCUT2D eigenvalue weighted by Gasteiger charge is -2.35. The summed E-state index contributed by atoms with van der Waals surface area (Å²) in [6.45, 7) is 1.37. The number of nitrogens with one attached hydrogen (secondary N) is 2. The highest BCUT2D eigenvalue weighted by molar-refractivity contribution is 5.88. The van der Waals surface area contributed by atoms with Crippen LogP contribution >= 0.6 is 0 Å². The van der Waals surface area contributed by atoms with Gasteiger partial charge in [0.25, 0.3) is 0 Å². The van der Waals surface area contributed by atoms with Crippen LogP contribution in [-0.2, 0) is 9.53 Å². The smallest absolute Gasteiger partial charge is 0.221 e. The van der Waals surface area contributed by atoms with Crippen molar-refractivity contribution in [3.8, 4) is 0 Å². The third kappa shape index (κ3) is 3.45. The molecule has 1 heterocycles. The van der Waals surface area contributed by atoms with E-state index in [-0.39, 0.29) is 12.5 Å². The lowest BCUT2D eigenvalue weighted by atomic mass is 10.0. The van der Waals surface area contributed by atoms with E-state index >= 15 is 0 Å².